The van der Waals surface area contributed by atoms with Crippen molar-refractivity contribution in [3.05, 3.63) is 53.1 Å². The van der Waals surface area contributed by atoms with E-state index in [1.807, 2.05) is 24.3 Å². The van der Waals surface area contributed by atoms with E-state index in [9.17, 15) is 9.59 Å². The largest absolute Gasteiger partial charge is 0.497 e. The first-order chi connectivity index (χ1) is 13.5. The Labute approximate surface area is 166 Å². The minimum absolute atomic E-state index is 0.313. The van der Waals surface area contributed by atoms with E-state index in [1.165, 1.54) is 18.2 Å². The normalized spacial score (nSPS) is 20.7. The zero-order valence-corrected chi connectivity index (χ0v) is 16.0. The molecule has 0 bridgehead atoms. The lowest BCUT2D eigenvalue weighted by atomic mass is 10.1. The molecule has 28 heavy (non-hydrogen) atoms. The lowest BCUT2D eigenvalue weighted by Crippen LogP contribution is -2.39. The van der Waals surface area contributed by atoms with Gasteiger partial charge in [-0.2, -0.15) is 5.11 Å². The quantitative estimate of drug-likeness (QED) is 0.720. The number of carbonyl (C=O) groups is 2. The van der Waals surface area contributed by atoms with Crippen molar-refractivity contribution in [3.63, 3.8) is 0 Å². The van der Waals surface area contributed by atoms with Crippen molar-refractivity contribution >= 4 is 29.1 Å². The molecule has 9 heteroatoms. The van der Waals surface area contributed by atoms with Crippen molar-refractivity contribution in [3.8, 4) is 11.5 Å². The summed E-state index contributed by atoms with van der Waals surface area (Å²) in [6, 6.07) is 10.6. The second-order valence-electron chi connectivity index (χ2n) is 6.37. The van der Waals surface area contributed by atoms with Crippen molar-refractivity contribution in [1.29, 1.82) is 0 Å². The van der Waals surface area contributed by atoms with Crippen LogP contribution in [-0.4, -0.2) is 43.1 Å². The summed E-state index contributed by atoms with van der Waals surface area (Å²) in [7, 11) is 3.08. The maximum atomic E-state index is 13.0. The number of methoxy groups -OCH3 is 2. The van der Waals surface area contributed by atoms with Gasteiger partial charge in [-0.25, -0.2) is 4.90 Å². The van der Waals surface area contributed by atoms with Gasteiger partial charge in [0.2, 0.25) is 0 Å². The Morgan fingerprint density at radius 2 is 1.89 bits per heavy atom. The van der Waals surface area contributed by atoms with Crippen molar-refractivity contribution < 1.29 is 19.1 Å². The predicted octanol–water partition coefficient (Wildman–Crippen LogP) is 2.85. The predicted molar refractivity (Wildman–Crippen MR) is 101 cm³/mol. The Bertz CT molecular complexity index is 980. The molecule has 2 aromatic rings. The number of amides is 2. The molecule has 2 aliphatic rings. The first kappa shape index (κ1) is 18.2. The molecule has 2 aliphatic heterocycles. The highest BCUT2D eigenvalue weighted by molar-refractivity contribution is 6.33. The Morgan fingerprint density at radius 1 is 1.07 bits per heavy atom. The molecule has 0 unspecified atom stereocenters. The van der Waals surface area contributed by atoms with Crippen LogP contribution in [0.25, 0.3) is 0 Å². The number of nitrogens with zero attached hydrogens (tertiary/aromatic N) is 4. The van der Waals surface area contributed by atoms with Crippen molar-refractivity contribution in [2.75, 3.05) is 19.1 Å². The standard InChI is InChI=1S/C19H17ClN4O4/c1-27-13-5-3-4-11(8-13)10-23-17-16(21-22-23)18(25)24(19(17)26)12-6-7-15(28-2)14(20)9-12/h3-9,16-17H,10H2,1-2H3/t16-,17-/m0/s1. The van der Waals surface area contributed by atoms with E-state index in [0.717, 1.165) is 10.5 Å². The zero-order valence-electron chi connectivity index (χ0n) is 15.2. The van der Waals surface area contributed by atoms with E-state index in [4.69, 9.17) is 21.1 Å². The van der Waals surface area contributed by atoms with Gasteiger partial charge in [-0.3, -0.25) is 14.6 Å². The molecule has 0 spiro atoms. The fourth-order valence-electron chi connectivity index (χ4n) is 3.36. The molecule has 0 saturated carbocycles. The topological polar surface area (TPSA) is 83.8 Å². The number of carbonyl (C=O) groups excluding carboxylic acids is 2. The molecule has 0 aromatic heterocycles. The summed E-state index contributed by atoms with van der Waals surface area (Å²) in [5.41, 5.74) is 1.27. The van der Waals surface area contributed by atoms with Crippen LogP contribution in [0.15, 0.2) is 52.8 Å². The fourth-order valence-corrected chi connectivity index (χ4v) is 3.61. The van der Waals surface area contributed by atoms with Crippen LogP contribution in [-0.2, 0) is 16.1 Å². The van der Waals surface area contributed by atoms with Crippen LogP contribution in [0.1, 0.15) is 5.56 Å². The molecular weight excluding hydrogens is 384 g/mol. The SMILES string of the molecule is COc1cccc(CN2N=N[C@@H]3C(=O)N(c4ccc(OC)c(Cl)c4)C(=O)[C@H]32)c1. The van der Waals surface area contributed by atoms with Crippen LogP contribution < -0.4 is 14.4 Å². The third kappa shape index (κ3) is 2.95. The van der Waals surface area contributed by atoms with E-state index < -0.39 is 18.0 Å². The second-order valence-corrected chi connectivity index (χ2v) is 6.78. The summed E-state index contributed by atoms with van der Waals surface area (Å²) in [5, 5.41) is 9.92. The van der Waals surface area contributed by atoms with Gasteiger partial charge in [0.15, 0.2) is 12.1 Å². The van der Waals surface area contributed by atoms with Gasteiger partial charge in [-0.15, -0.1) is 0 Å². The van der Waals surface area contributed by atoms with E-state index in [-0.39, 0.29) is 5.91 Å². The van der Waals surface area contributed by atoms with Gasteiger partial charge in [0.25, 0.3) is 11.8 Å². The highest BCUT2D eigenvalue weighted by atomic mass is 35.5. The second kappa shape index (κ2) is 7.12. The van der Waals surface area contributed by atoms with Gasteiger partial charge in [-0.05, 0) is 35.9 Å². The number of anilines is 1. The molecular formula is C19H17ClN4O4. The minimum Gasteiger partial charge on any atom is -0.497 e. The minimum atomic E-state index is -0.862. The van der Waals surface area contributed by atoms with Gasteiger partial charge in [0.05, 0.1) is 31.5 Å². The average Bonchev–Trinajstić information content (AvgIpc) is 3.22. The maximum absolute atomic E-state index is 13.0. The van der Waals surface area contributed by atoms with Crippen molar-refractivity contribution in [2.24, 2.45) is 10.3 Å². The highest BCUT2D eigenvalue weighted by Crippen LogP contribution is 2.36. The van der Waals surface area contributed by atoms with Gasteiger partial charge in [-0.1, -0.05) is 29.0 Å². The molecule has 4 rings (SSSR count). The number of fused-ring (bicyclic) bond motifs is 1. The highest BCUT2D eigenvalue weighted by Gasteiger charge is 2.54. The summed E-state index contributed by atoms with van der Waals surface area (Å²) < 4.78 is 10.3. The van der Waals surface area contributed by atoms with Crippen LogP contribution in [0.4, 0.5) is 5.69 Å². The third-order valence-corrected chi connectivity index (χ3v) is 5.03. The van der Waals surface area contributed by atoms with E-state index >= 15 is 0 Å². The van der Waals surface area contributed by atoms with Gasteiger partial charge < -0.3 is 9.47 Å². The van der Waals surface area contributed by atoms with Crippen LogP contribution in [0, 0.1) is 0 Å². The Hall–Kier alpha value is -3.13. The molecule has 2 aromatic carbocycles. The molecule has 0 aliphatic carbocycles. The lowest BCUT2D eigenvalue weighted by Gasteiger charge is -2.21. The fraction of sp³-hybridized carbons (Fsp3) is 0.263. The smallest absolute Gasteiger partial charge is 0.263 e. The number of halogens is 1. The van der Waals surface area contributed by atoms with Crippen molar-refractivity contribution in [1.82, 2.24) is 5.01 Å². The Kier molecular flexibility index (Phi) is 4.64. The average molecular weight is 401 g/mol. The summed E-state index contributed by atoms with van der Waals surface area (Å²) in [5.74, 6) is 0.356. The lowest BCUT2D eigenvalue weighted by molar-refractivity contribution is -0.123. The van der Waals surface area contributed by atoms with Gasteiger partial charge in [0.1, 0.15) is 11.5 Å². The van der Waals surface area contributed by atoms with Crippen LogP contribution in [0.3, 0.4) is 0 Å². The van der Waals surface area contributed by atoms with Gasteiger partial charge >= 0.3 is 0 Å². The van der Waals surface area contributed by atoms with E-state index in [1.54, 1.807) is 19.2 Å². The zero-order chi connectivity index (χ0) is 19.8. The molecule has 144 valence electrons. The molecule has 2 amide bonds. The molecule has 1 fully saturated rings. The Balaban J connectivity index is 1.59. The molecule has 1 saturated heterocycles. The Morgan fingerprint density at radius 3 is 2.61 bits per heavy atom. The molecule has 0 N–H and O–H groups in total. The number of hydrogen-bond donors (Lipinski definition) is 0. The maximum Gasteiger partial charge on any atom is 0.263 e. The van der Waals surface area contributed by atoms with Crippen LogP contribution in [0.5, 0.6) is 11.5 Å². The van der Waals surface area contributed by atoms with E-state index in [2.05, 4.69) is 10.3 Å². The number of rotatable bonds is 5. The van der Waals surface area contributed by atoms with E-state index in [0.29, 0.717) is 28.8 Å². The molecule has 2 atom stereocenters. The summed E-state index contributed by atoms with van der Waals surface area (Å²) in [6.45, 7) is 0.331. The molecule has 2 heterocycles. The number of imide groups is 1. The van der Waals surface area contributed by atoms with Crippen LogP contribution in [0.2, 0.25) is 5.02 Å². The summed E-state index contributed by atoms with van der Waals surface area (Å²) in [6.07, 6.45) is 0. The summed E-state index contributed by atoms with van der Waals surface area (Å²) >= 11 is 6.15. The number of benzene rings is 2. The number of hydrogen-bond acceptors (Lipinski definition) is 7. The van der Waals surface area contributed by atoms with Crippen LogP contribution >= 0.6 is 11.6 Å². The third-order valence-electron chi connectivity index (χ3n) is 4.73. The molecule has 8 nitrogen and oxygen atoms in total. The first-order valence-electron chi connectivity index (χ1n) is 8.55. The van der Waals surface area contributed by atoms with Gasteiger partial charge in [0, 0.05) is 0 Å². The van der Waals surface area contributed by atoms with Crippen molar-refractivity contribution in [2.45, 2.75) is 18.6 Å². The number of ether oxygens (including phenoxy) is 2. The monoisotopic (exact) mass is 400 g/mol. The first-order valence-corrected chi connectivity index (χ1v) is 8.93. The summed E-state index contributed by atoms with van der Waals surface area (Å²) in [4.78, 5) is 26.9. The molecule has 0 radical (unpaired) electrons.